The Labute approximate surface area is 82.4 Å². The highest BCUT2D eigenvalue weighted by molar-refractivity contribution is 5.03. The number of H-pyrrole nitrogens is 1. The first-order valence-electron chi connectivity index (χ1n) is 4.61. The molecule has 0 aliphatic carbocycles. The van der Waals surface area contributed by atoms with Gasteiger partial charge in [-0.05, 0) is 19.1 Å². The zero-order valence-corrected chi connectivity index (χ0v) is 8.03. The van der Waals surface area contributed by atoms with E-state index >= 15 is 0 Å². The van der Waals surface area contributed by atoms with Crippen molar-refractivity contribution in [2.75, 3.05) is 0 Å². The number of aromatic amines is 1. The highest BCUT2D eigenvalue weighted by Gasteiger charge is 2.07. The monoisotopic (exact) mass is 191 g/mol. The highest BCUT2D eigenvalue weighted by atomic mass is 16.3. The van der Waals surface area contributed by atoms with E-state index in [0.29, 0.717) is 0 Å². The minimum absolute atomic E-state index is 0.204. The van der Waals surface area contributed by atoms with Gasteiger partial charge in [0.05, 0.1) is 18.8 Å². The molecule has 14 heavy (non-hydrogen) atoms. The van der Waals surface area contributed by atoms with Crippen LogP contribution >= 0.6 is 0 Å². The van der Waals surface area contributed by atoms with Crippen LogP contribution in [-0.2, 0) is 6.54 Å². The quantitative estimate of drug-likeness (QED) is 0.775. The summed E-state index contributed by atoms with van der Waals surface area (Å²) in [6.07, 6.45) is 5.24. The molecular formula is C10H13N3O. The zero-order chi connectivity index (χ0) is 9.80. The van der Waals surface area contributed by atoms with Gasteiger partial charge in [0.2, 0.25) is 0 Å². The lowest BCUT2D eigenvalue weighted by atomic mass is 10.2. The lowest BCUT2D eigenvalue weighted by molar-refractivity contribution is 0.427. The number of hydrogen-bond acceptors (Lipinski definition) is 3. The van der Waals surface area contributed by atoms with Crippen LogP contribution in [0.2, 0.25) is 0 Å². The van der Waals surface area contributed by atoms with E-state index in [1.54, 1.807) is 12.5 Å². The summed E-state index contributed by atoms with van der Waals surface area (Å²) in [6, 6.07) is 4.05. The van der Waals surface area contributed by atoms with Crippen LogP contribution in [-0.4, -0.2) is 9.97 Å². The predicted octanol–water partition coefficient (Wildman–Crippen LogP) is 1.85. The number of nitrogens with zero attached hydrogens (tertiary/aromatic N) is 1. The van der Waals surface area contributed by atoms with E-state index in [4.69, 9.17) is 4.42 Å². The van der Waals surface area contributed by atoms with Gasteiger partial charge in [0, 0.05) is 12.4 Å². The lowest BCUT2D eigenvalue weighted by Gasteiger charge is -2.09. The smallest absolute Gasteiger partial charge is 0.120 e. The Hall–Kier alpha value is -1.55. The van der Waals surface area contributed by atoms with Gasteiger partial charge in [0.15, 0.2) is 0 Å². The van der Waals surface area contributed by atoms with E-state index in [-0.39, 0.29) is 6.04 Å². The van der Waals surface area contributed by atoms with Crippen LogP contribution in [0.3, 0.4) is 0 Å². The maximum absolute atomic E-state index is 5.27. The molecule has 2 rings (SSSR count). The molecule has 0 aliphatic rings. The number of nitrogens with one attached hydrogen (secondary N) is 2. The van der Waals surface area contributed by atoms with Crippen molar-refractivity contribution < 1.29 is 4.42 Å². The molecule has 74 valence electrons. The van der Waals surface area contributed by atoms with Crippen LogP contribution in [0.4, 0.5) is 0 Å². The summed E-state index contributed by atoms with van der Waals surface area (Å²) in [5.41, 5.74) is 0. The Bertz CT molecular complexity index is 353. The van der Waals surface area contributed by atoms with Gasteiger partial charge >= 0.3 is 0 Å². The van der Waals surface area contributed by atoms with Gasteiger partial charge in [0.25, 0.3) is 0 Å². The fourth-order valence-corrected chi connectivity index (χ4v) is 1.28. The van der Waals surface area contributed by atoms with E-state index in [0.717, 1.165) is 18.1 Å². The van der Waals surface area contributed by atoms with Crippen molar-refractivity contribution in [2.24, 2.45) is 0 Å². The first-order chi connectivity index (χ1) is 6.86. The van der Waals surface area contributed by atoms with Crippen LogP contribution in [0.1, 0.15) is 24.6 Å². The Morgan fingerprint density at radius 1 is 1.64 bits per heavy atom. The second-order valence-electron chi connectivity index (χ2n) is 3.15. The lowest BCUT2D eigenvalue weighted by Crippen LogP contribution is -2.18. The summed E-state index contributed by atoms with van der Waals surface area (Å²) < 4.78 is 5.27. The Morgan fingerprint density at radius 2 is 2.57 bits per heavy atom. The molecule has 2 aromatic heterocycles. The summed E-state index contributed by atoms with van der Waals surface area (Å²) in [6.45, 7) is 2.77. The van der Waals surface area contributed by atoms with Crippen LogP contribution < -0.4 is 5.32 Å². The van der Waals surface area contributed by atoms with Crippen molar-refractivity contribution in [3.05, 3.63) is 42.4 Å². The van der Waals surface area contributed by atoms with E-state index in [1.807, 2.05) is 18.3 Å². The third-order valence-electron chi connectivity index (χ3n) is 2.10. The Kier molecular flexibility index (Phi) is 2.65. The van der Waals surface area contributed by atoms with Gasteiger partial charge in [-0.15, -0.1) is 0 Å². The molecule has 4 heteroatoms. The number of furan rings is 1. The molecule has 1 unspecified atom stereocenters. The molecule has 2 heterocycles. The average Bonchev–Trinajstić information content (AvgIpc) is 2.87. The van der Waals surface area contributed by atoms with Gasteiger partial charge in [0.1, 0.15) is 11.6 Å². The van der Waals surface area contributed by atoms with Gasteiger partial charge in [-0.1, -0.05) is 0 Å². The molecule has 0 radical (unpaired) electrons. The average molecular weight is 191 g/mol. The van der Waals surface area contributed by atoms with Crippen molar-refractivity contribution in [3.8, 4) is 0 Å². The molecule has 0 saturated heterocycles. The molecule has 0 saturated carbocycles. The maximum atomic E-state index is 5.27. The summed E-state index contributed by atoms with van der Waals surface area (Å²) in [5.74, 6) is 1.87. The molecule has 4 nitrogen and oxygen atoms in total. The third kappa shape index (κ3) is 2.03. The topological polar surface area (TPSA) is 53.9 Å². The molecule has 2 N–H and O–H groups in total. The molecule has 1 atom stereocenters. The number of imidazole rings is 1. The minimum Gasteiger partial charge on any atom is -0.468 e. The highest BCUT2D eigenvalue weighted by Crippen LogP contribution is 2.12. The Morgan fingerprint density at radius 3 is 3.21 bits per heavy atom. The number of hydrogen-bond donors (Lipinski definition) is 2. The first-order valence-corrected chi connectivity index (χ1v) is 4.61. The molecular weight excluding hydrogens is 178 g/mol. The SMILES string of the molecule is CC(NCc1ncc[nH]1)c1ccco1. The Balaban J connectivity index is 1.87. The van der Waals surface area contributed by atoms with Crippen LogP contribution in [0.5, 0.6) is 0 Å². The van der Waals surface area contributed by atoms with E-state index in [2.05, 4.69) is 22.2 Å². The molecule has 0 bridgehead atoms. The van der Waals surface area contributed by atoms with Crippen molar-refractivity contribution in [3.63, 3.8) is 0 Å². The second kappa shape index (κ2) is 4.11. The van der Waals surface area contributed by atoms with Gasteiger partial charge in [-0.2, -0.15) is 0 Å². The predicted molar refractivity (Wildman–Crippen MR) is 52.6 cm³/mol. The largest absolute Gasteiger partial charge is 0.468 e. The van der Waals surface area contributed by atoms with Gasteiger partial charge in [-0.25, -0.2) is 4.98 Å². The number of rotatable bonds is 4. The maximum Gasteiger partial charge on any atom is 0.120 e. The van der Waals surface area contributed by atoms with Crippen molar-refractivity contribution in [2.45, 2.75) is 19.5 Å². The first kappa shape index (κ1) is 9.02. The van der Waals surface area contributed by atoms with Crippen molar-refractivity contribution in [1.82, 2.24) is 15.3 Å². The van der Waals surface area contributed by atoms with Gasteiger partial charge < -0.3 is 14.7 Å². The minimum atomic E-state index is 0.204. The van der Waals surface area contributed by atoms with Crippen LogP contribution in [0, 0.1) is 0 Å². The molecule has 0 aliphatic heterocycles. The normalized spacial score (nSPS) is 12.9. The van der Waals surface area contributed by atoms with Crippen LogP contribution in [0.25, 0.3) is 0 Å². The molecule has 0 spiro atoms. The summed E-state index contributed by atoms with van der Waals surface area (Å²) in [7, 11) is 0. The fourth-order valence-electron chi connectivity index (χ4n) is 1.28. The van der Waals surface area contributed by atoms with Gasteiger partial charge in [-0.3, -0.25) is 0 Å². The number of aromatic nitrogens is 2. The van der Waals surface area contributed by atoms with E-state index in [1.165, 1.54) is 0 Å². The standard InChI is InChI=1S/C10H13N3O/c1-8(9-3-2-6-14-9)13-7-10-11-4-5-12-10/h2-6,8,13H,7H2,1H3,(H,11,12). The van der Waals surface area contributed by atoms with E-state index < -0.39 is 0 Å². The molecule has 0 aromatic carbocycles. The molecule has 0 amide bonds. The van der Waals surface area contributed by atoms with Crippen molar-refractivity contribution >= 4 is 0 Å². The van der Waals surface area contributed by atoms with E-state index in [9.17, 15) is 0 Å². The summed E-state index contributed by atoms with van der Waals surface area (Å²) >= 11 is 0. The summed E-state index contributed by atoms with van der Waals surface area (Å²) in [5, 5.41) is 3.30. The molecule has 2 aromatic rings. The third-order valence-corrected chi connectivity index (χ3v) is 2.10. The van der Waals surface area contributed by atoms with Crippen molar-refractivity contribution in [1.29, 1.82) is 0 Å². The summed E-state index contributed by atoms with van der Waals surface area (Å²) in [4.78, 5) is 7.15. The second-order valence-corrected chi connectivity index (χ2v) is 3.15. The fraction of sp³-hybridized carbons (Fsp3) is 0.300. The van der Waals surface area contributed by atoms with Crippen LogP contribution in [0.15, 0.2) is 35.2 Å². The molecule has 0 fully saturated rings. The zero-order valence-electron chi connectivity index (χ0n) is 8.03.